The van der Waals surface area contributed by atoms with Crippen LogP contribution in [0.1, 0.15) is 36.2 Å². The van der Waals surface area contributed by atoms with Crippen molar-refractivity contribution in [2.45, 2.75) is 36.6 Å². The van der Waals surface area contributed by atoms with Crippen LogP contribution >= 0.6 is 0 Å². The van der Waals surface area contributed by atoms with Crippen molar-refractivity contribution in [2.24, 2.45) is 24.0 Å². The molecule has 2 aliphatic rings. The number of carbonyl (C=O) groups is 1. The quantitative estimate of drug-likeness (QED) is 0.855. The molecule has 7 heteroatoms. The average molecular weight is 297 g/mol. The van der Waals surface area contributed by atoms with Gasteiger partial charge in [0.2, 0.25) is 10.0 Å². The van der Waals surface area contributed by atoms with Gasteiger partial charge in [-0.15, -0.1) is 0 Å². The summed E-state index contributed by atoms with van der Waals surface area (Å²) in [6.45, 7) is 0. The van der Waals surface area contributed by atoms with Gasteiger partial charge in [-0.3, -0.25) is 4.79 Å². The van der Waals surface area contributed by atoms with Crippen LogP contribution in [-0.2, 0) is 17.1 Å². The first kappa shape index (κ1) is 13.6. The number of sulfonamides is 1. The molecule has 2 bridgehead atoms. The van der Waals surface area contributed by atoms with E-state index in [0.29, 0.717) is 11.6 Å². The minimum Gasteiger partial charge on any atom is -0.348 e. The first-order valence-corrected chi connectivity index (χ1v) is 8.39. The summed E-state index contributed by atoms with van der Waals surface area (Å²) in [6, 6.07) is 1.56. The molecule has 0 aliphatic heterocycles. The van der Waals surface area contributed by atoms with E-state index in [4.69, 9.17) is 5.14 Å². The van der Waals surface area contributed by atoms with E-state index in [0.717, 1.165) is 12.3 Å². The smallest absolute Gasteiger partial charge is 0.268 e. The molecule has 20 heavy (non-hydrogen) atoms. The number of hydrogen-bond acceptors (Lipinski definition) is 3. The minimum absolute atomic E-state index is 0.0295. The van der Waals surface area contributed by atoms with Gasteiger partial charge in [0.05, 0.1) is 0 Å². The molecule has 3 atom stereocenters. The third-order valence-electron chi connectivity index (χ3n) is 4.60. The molecule has 1 aromatic heterocycles. The number of amides is 1. The number of nitrogens with two attached hydrogens (primary N) is 1. The Balaban J connectivity index is 1.76. The van der Waals surface area contributed by atoms with Crippen LogP contribution in [0.25, 0.3) is 0 Å². The zero-order valence-electron chi connectivity index (χ0n) is 11.4. The molecule has 0 radical (unpaired) electrons. The van der Waals surface area contributed by atoms with Crippen molar-refractivity contribution in [1.29, 1.82) is 0 Å². The lowest BCUT2D eigenvalue weighted by Gasteiger charge is -2.22. The summed E-state index contributed by atoms with van der Waals surface area (Å²) in [6.07, 6.45) is 6.08. The van der Waals surface area contributed by atoms with E-state index in [2.05, 4.69) is 5.32 Å². The SMILES string of the molecule is Cn1cc(S(N)(=O)=O)cc1C(=O)NC1CC2CCC1C2. The normalized spacial score (nSPS) is 28.8. The predicted octanol–water partition coefficient (Wildman–Crippen LogP) is 0.591. The van der Waals surface area contributed by atoms with E-state index >= 15 is 0 Å². The molecule has 3 N–H and O–H groups in total. The molecule has 3 rings (SSSR count). The van der Waals surface area contributed by atoms with Gasteiger partial charge in [-0.2, -0.15) is 0 Å². The number of aryl methyl sites for hydroxylation is 1. The Morgan fingerprint density at radius 1 is 1.40 bits per heavy atom. The van der Waals surface area contributed by atoms with E-state index in [1.54, 1.807) is 7.05 Å². The molecule has 1 aromatic rings. The van der Waals surface area contributed by atoms with Crippen LogP contribution in [0.3, 0.4) is 0 Å². The second-order valence-electron chi connectivity index (χ2n) is 5.97. The Hall–Kier alpha value is -1.34. The lowest BCUT2D eigenvalue weighted by atomic mass is 9.95. The molecule has 110 valence electrons. The summed E-state index contributed by atoms with van der Waals surface area (Å²) >= 11 is 0. The van der Waals surface area contributed by atoms with Gasteiger partial charge in [-0.05, 0) is 37.2 Å². The summed E-state index contributed by atoms with van der Waals surface area (Å²) in [7, 11) is -2.13. The van der Waals surface area contributed by atoms with Gasteiger partial charge in [-0.1, -0.05) is 6.42 Å². The molecule has 0 saturated heterocycles. The largest absolute Gasteiger partial charge is 0.348 e. The van der Waals surface area contributed by atoms with Crippen molar-refractivity contribution in [3.63, 3.8) is 0 Å². The zero-order chi connectivity index (χ0) is 14.5. The Bertz CT molecular complexity index is 650. The Morgan fingerprint density at radius 3 is 2.65 bits per heavy atom. The van der Waals surface area contributed by atoms with Crippen LogP contribution in [0, 0.1) is 11.8 Å². The number of nitrogens with zero attached hydrogens (tertiary/aromatic N) is 1. The lowest BCUT2D eigenvalue weighted by Crippen LogP contribution is -2.39. The monoisotopic (exact) mass is 297 g/mol. The number of carbonyl (C=O) groups excluding carboxylic acids is 1. The topological polar surface area (TPSA) is 94.2 Å². The van der Waals surface area contributed by atoms with Crippen LogP contribution in [-0.4, -0.2) is 24.9 Å². The molecule has 1 heterocycles. The summed E-state index contributed by atoms with van der Waals surface area (Å²) in [5.41, 5.74) is 0.330. The Morgan fingerprint density at radius 2 is 2.15 bits per heavy atom. The maximum Gasteiger partial charge on any atom is 0.268 e. The molecule has 3 unspecified atom stereocenters. The van der Waals surface area contributed by atoms with Gasteiger partial charge in [0.25, 0.3) is 5.91 Å². The van der Waals surface area contributed by atoms with Crippen LogP contribution in [0.15, 0.2) is 17.2 Å². The fraction of sp³-hybridized carbons (Fsp3) is 0.615. The highest BCUT2D eigenvalue weighted by molar-refractivity contribution is 7.89. The third kappa shape index (κ3) is 2.35. The van der Waals surface area contributed by atoms with Gasteiger partial charge in [0.1, 0.15) is 10.6 Å². The van der Waals surface area contributed by atoms with Crippen molar-refractivity contribution in [3.05, 3.63) is 18.0 Å². The van der Waals surface area contributed by atoms with Crippen molar-refractivity contribution in [3.8, 4) is 0 Å². The van der Waals surface area contributed by atoms with Crippen molar-refractivity contribution >= 4 is 15.9 Å². The summed E-state index contributed by atoms with van der Waals surface area (Å²) in [5.74, 6) is 1.11. The van der Waals surface area contributed by atoms with Crippen LogP contribution in [0.5, 0.6) is 0 Å². The molecule has 2 fully saturated rings. The molecule has 1 amide bonds. The van der Waals surface area contributed by atoms with E-state index in [9.17, 15) is 13.2 Å². The fourth-order valence-corrected chi connectivity index (χ4v) is 4.16. The Kier molecular flexibility index (Phi) is 3.13. The van der Waals surface area contributed by atoms with Crippen LogP contribution in [0.4, 0.5) is 0 Å². The Labute approximate surface area is 118 Å². The summed E-state index contributed by atoms with van der Waals surface area (Å²) < 4.78 is 24.1. The van der Waals surface area contributed by atoms with E-state index in [1.165, 1.54) is 36.1 Å². The van der Waals surface area contributed by atoms with Crippen LogP contribution < -0.4 is 10.5 Å². The molecular formula is C13H19N3O3S. The van der Waals surface area contributed by atoms with Gasteiger partial charge in [-0.25, -0.2) is 13.6 Å². The molecule has 6 nitrogen and oxygen atoms in total. The standard InChI is InChI=1S/C13H19N3O3S/c1-16-7-10(20(14,18)19)6-12(16)13(17)15-11-5-8-2-3-9(11)4-8/h6-9,11H,2-5H2,1H3,(H,15,17)(H2,14,18,19). The molecule has 2 aliphatic carbocycles. The number of aromatic nitrogens is 1. The van der Waals surface area contributed by atoms with Crippen molar-refractivity contribution in [1.82, 2.24) is 9.88 Å². The van der Waals surface area contributed by atoms with E-state index in [1.807, 2.05) is 0 Å². The van der Waals surface area contributed by atoms with E-state index in [-0.39, 0.29) is 16.8 Å². The zero-order valence-corrected chi connectivity index (χ0v) is 12.2. The second-order valence-corrected chi connectivity index (χ2v) is 7.53. The highest BCUT2D eigenvalue weighted by atomic mass is 32.2. The number of fused-ring (bicyclic) bond motifs is 2. The van der Waals surface area contributed by atoms with Crippen LogP contribution in [0.2, 0.25) is 0 Å². The van der Waals surface area contributed by atoms with Gasteiger partial charge in [0, 0.05) is 19.3 Å². The lowest BCUT2D eigenvalue weighted by molar-refractivity contribution is 0.0914. The number of primary sulfonamides is 1. The van der Waals surface area contributed by atoms with Crippen molar-refractivity contribution < 1.29 is 13.2 Å². The molecule has 0 aromatic carbocycles. The maximum absolute atomic E-state index is 12.3. The maximum atomic E-state index is 12.3. The van der Waals surface area contributed by atoms with Gasteiger partial charge < -0.3 is 9.88 Å². The molecule has 0 spiro atoms. The van der Waals surface area contributed by atoms with Gasteiger partial charge >= 0.3 is 0 Å². The predicted molar refractivity (Wildman–Crippen MR) is 73.5 cm³/mol. The minimum atomic E-state index is -3.77. The second kappa shape index (κ2) is 4.60. The summed E-state index contributed by atoms with van der Waals surface area (Å²) in [4.78, 5) is 12.2. The first-order chi connectivity index (χ1) is 9.34. The van der Waals surface area contributed by atoms with E-state index < -0.39 is 10.0 Å². The summed E-state index contributed by atoms with van der Waals surface area (Å²) in [5, 5.41) is 8.12. The number of rotatable bonds is 3. The first-order valence-electron chi connectivity index (χ1n) is 6.84. The number of hydrogen-bond donors (Lipinski definition) is 2. The molecular weight excluding hydrogens is 278 g/mol. The fourth-order valence-electron chi connectivity index (χ4n) is 3.58. The highest BCUT2D eigenvalue weighted by Gasteiger charge is 2.40. The highest BCUT2D eigenvalue weighted by Crippen LogP contribution is 2.44. The average Bonchev–Trinajstić information content (AvgIpc) is 3.01. The van der Waals surface area contributed by atoms with Gasteiger partial charge in [0.15, 0.2) is 0 Å². The third-order valence-corrected chi connectivity index (χ3v) is 5.48. The number of nitrogens with one attached hydrogen (secondary N) is 1. The van der Waals surface area contributed by atoms with Crippen molar-refractivity contribution in [2.75, 3.05) is 0 Å². The molecule has 2 saturated carbocycles.